The van der Waals surface area contributed by atoms with Crippen molar-refractivity contribution in [3.8, 4) is 0 Å². The summed E-state index contributed by atoms with van der Waals surface area (Å²) in [5.41, 5.74) is 1.85. The zero-order valence-electron chi connectivity index (χ0n) is 8.89. The third-order valence-electron chi connectivity index (χ3n) is 3.88. The Bertz CT molecular complexity index is 385. The molecule has 1 saturated carbocycles. The number of benzene rings is 1. The quantitative estimate of drug-likeness (QED) is 0.635. The molecule has 3 rings (SSSR count). The molecule has 1 atom stereocenters. The number of rotatable bonds is 1. The van der Waals surface area contributed by atoms with Crippen LogP contribution in [-0.4, -0.2) is 0 Å². The molecule has 76 valence electrons. The van der Waals surface area contributed by atoms with E-state index < -0.39 is 0 Å². The van der Waals surface area contributed by atoms with E-state index in [1.54, 1.807) is 0 Å². The summed E-state index contributed by atoms with van der Waals surface area (Å²) in [5, 5.41) is 0. The largest absolute Gasteiger partial charge is 0.0739 e. The predicted octanol–water partition coefficient (Wildman–Crippen LogP) is 4.07. The molecule has 0 heterocycles. The lowest BCUT2D eigenvalue weighted by Crippen LogP contribution is -2.17. The van der Waals surface area contributed by atoms with Gasteiger partial charge in [-0.25, -0.2) is 0 Å². The highest BCUT2D eigenvalue weighted by Crippen LogP contribution is 2.52. The molecule has 0 saturated heterocycles. The van der Waals surface area contributed by atoms with Crippen LogP contribution in [0, 0.1) is 5.41 Å². The molecule has 1 aromatic rings. The van der Waals surface area contributed by atoms with Gasteiger partial charge in [0, 0.05) is 5.41 Å². The molecule has 0 aromatic heterocycles. The second-order valence-electron chi connectivity index (χ2n) is 4.69. The highest BCUT2D eigenvalue weighted by atomic mass is 14.4. The molecule has 0 nitrogen and oxygen atoms in total. The van der Waals surface area contributed by atoms with Gasteiger partial charge in [-0.2, -0.15) is 0 Å². The minimum absolute atomic E-state index is 0.349. The van der Waals surface area contributed by atoms with Crippen LogP contribution in [0.5, 0.6) is 0 Å². The van der Waals surface area contributed by atoms with Crippen molar-refractivity contribution < 1.29 is 0 Å². The van der Waals surface area contributed by atoms with Crippen molar-refractivity contribution in [2.24, 2.45) is 5.41 Å². The van der Waals surface area contributed by atoms with Crippen molar-refractivity contribution in [3.63, 3.8) is 0 Å². The van der Waals surface area contributed by atoms with E-state index in [1.165, 1.54) is 24.8 Å². The van der Waals surface area contributed by atoms with Crippen LogP contribution in [0.4, 0.5) is 0 Å². The van der Waals surface area contributed by atoms with Crippen molar-refractivity contribution in [1.29, 1.82) is 0 Å². The average Bonchev–Trinajstić information content (AvgIpc) is 2.91. The summed E-state index contributed by atoms with van der Waals surface area (Å²) in [7, 11) is 0. The van der Waals surface area contributed by atoms with Gasteiger partial charge in [-0.1, -0.05) is 61.1 Å². The monoisotopic (exact) mass is 196 g/mol. The first kappa shape index (κ1) is 8.96. The Morgan fingerprint density at radius 3 is 2.47 bits per heavy atom. The Hall–Kier alpha value is -1.30. The predicted molar refractivity (Wildman–Crippen MR) is 63.7 cm³/mol. The zero-order valence-corrected chi connectivity index (χ0v) is 8.89. The van der Waals surface area contributed by atoms with Crippen LogP contribution in [0.2, 0.25) is 0 Å². The summed E-state index contributed by atoms with van der Waals surface area (Å²) < 4.78 is 0. The van der Waals surface area contributed by atoms with Gasteiger partial charge in [0.1, 0.15) is 0 Å². The molecule has 1 spiro atoms. The summed E-state index contributed by atoms with van der Waals surface area (Å²) in [6, 6.07) is 11.0. The summed E-state index contributed by atoms with van der Waals surface area (Å²) >= 11 is 0. The Labute approximate surface area is 91.3 Å². The summed E-state index contributed by atoms with van der Waals surface area (Å²) in [6.07, 6.45) is 13.2. The van der Waals surface area contributed by atoms with Gasteiger partial charge in [-0.15, -0.1) is 0 Å². The Balaban J connectivity index is 2.00. The first-order chi connectivity index (χ1) is 7.41. The maximum absolute atomic E-state index is 2.40. The highest BCUT2D eigenvalue weighted by Gasteiger charge is 2.40. The van der Waals surface area contributed by atoms with E-state index in [0.29, 0.717) is 11.3 Å². The minimum Gasteiger partial charge on any atom is -0.0739 e. The van der Waals surface area contributed by atoms with Crippen molar-refractivity contribution >= 4 is 0 Å². The standard InChI is InChI=1S/C15H16/c1-2-7-13(8-3-1)14-9-6-12-15(14)10-4-5-11-15/h1-5,7-8,10-11,14H,6,9,12H2. The molecular weight excluding hydrogens is 180 g/mol. The van der Waals surface area contributed by atoms with Crippen LogP contribution < -0.4 is 0 Å². The lowest BCUT2D eigenvalue weighted by atomic mass is 9.76. The van der Waals surface area contributed by atoms with Gasteiger partial charge in [-0.3, -0.25) is 0 Å². The van der Waals surface area contributed by atoms with E-state index in [0.717, 1.165) is 0 Å². The van der Waals surface area contributed by atoms with Crippen LogP contribution >= 0.6 is 0 Å². The molecule has 2 aliphatic rings. The van der Waals surface area contributed by atoms with E-state index in [4.69, 9.17) is 0 Å². The van der Waals surface area contributed by atoms with Gasteiger partial charge in [0.05, 0.1) is 0 Å². The first-order valence-electron chi connectivity index (χ1n) is 5.83. The van der Waals surface area contributed by atoms with Gasteiger partial charge >= 0.3 is 0 Å². The van der Waals surface area contributed by atoms with Crippen molar-refractivity contribution in [2.75, 3.05) is 0 Å². The van der Waals surface area contributed by atoms with E-state index in [1.807, 2.05) is 0 Å². The van der Waals surface area contributed by atoms with Crippen molar-refractivity contribution in [3.05, 3.63) is 60.2 Å². The SMILES string of the molecule is C1=CC2(C=C1)CCCC2c1ccccc1. The molecule has 0 heteroatoms. The molecule has 0 bridgehead atoms. The fraction of sp³-hybridized carbons (Fsp3) is 0.333. The topological polar surface area (TPSA) is 0 Å². The zero-order chi connectivity index (χ0) is 10.1. The van der Waals surface area contributed by atoms with Crippen LogP contribution in [0.25, 0.3) is 0 Å². The van der Waals surface area contributed by atoms with E-state index in [2.05, 4.69) is 54.6 Å². The maximum atomic E-state index is 2.40. The number of hydrogen-bond acceptors (Lipinski definition) is 0. The number of hydrogen-bond donors (Lipinski definition) is 0. The van der Waals surface area contributed by atoms with E-state index >= 15 is 0 Å². The molecule has 0 N–H and O–H groups in total. The average molecular weight is 196 g/mol. The van der Waals surface area contributed by atoms with Gasteiger partial charge in [0.25, 0.3) is 0 Å². The molecule has 0 radical (unpaired) electrons. The smallest absolute Gasteiger partial charge is 0.0136 e. The minimum atomic E-state index is 0.349. The maximum Gasteiger partial charge on any atom is 0.0136 e. The lowest BCUT2D eigenvalue weighted by molar-refractivity contribution is 0.454. The first-order valence-corrected chi connectivity index (χ1v) is 5.83. The lowest BCUT2D eigenvalue weighted by Gasteiger charge is -2.28. The second-order valence-corrected chi connectivity index (χ2v) is 4.69. The normalized spacial score (nSPS) is 26.5. The summed E-state index contributed by atoms with van der Waals surface area (Å²) in [4.78, 5) is 0. The Morgan fingerprint density at radius 1 is 1.00 bits per heavy atom. The molecule has 0 amide bonds. The Kier molecular flexibility index (Phi) is 2.02. The fourth-order valence-electron chi connectivity index (χ4n) is 3.14. The van der Waals surface area contributed by atoms with Crippen LogP contribution in [-0.2, 0) is 0 Å². The Morgan fingerprint density at radius 2 is 1.73 bits per heavy atom. The summed E-state index contributed by atoms with van der Waals surface area (Å²) in [5.74, 6) is 0.702. The van der Waals surface area contributed by atoms with Gasteiger partial charge in [0.15, 0.2) is 0 Å². The number of allylic oxidation sites excluding steroid dienone is 4. The second kappa shape index (κ2) is 3.37. The molecule has 15 heavy (non-hydrogen) atoms. The van der Waals surface area contributed by atoms with Crippen molar-refractivity contribution in [2.45, 2.75) is 25.2 Å². The molecule has 2 aliphatic carbocycles. The highest BCUT2D eigenvalue weighted by molar-refractivity contribution is 5.35. The fourth-order valence-corrected chi connectivity index (χ4v) is 3.14. The van der Waals surface area contributed by atoms with E-state index in [9.17, 15) is 0 Å². The molecule has 1 fully saturated rings. The molecular formula is C15H16. The van der Waals surface area contributed by atoms with Gasteiger partial charge < -0.3 is 0 Å². The third kappa shape index (κ3) is 1.36. The molecule has 1 unspecified atom stereocenters. The summed E-state index contributed by atoms with van der Waals surface area (Å²) in [6.45, 7) is 0. The van der Waals surface area contributed by atoms with Crippen LogP contribution in [0.15, 0.2) is 54.6 Å². The van der Waals surface area contributed by atoms with Crippen molar-refractivity contribution in [1.82, 2.24) is 0 Å². The molecule has 1 aromatic carbocycles. The third-order valence-corrected chi connectivity index (χ3v) is 3.88. The van der Waals surface area contributed by atoms with Gasteiger partial charge in [-0.05, 0) is 24.3 Å². The molecule has 0 aliphatic heterocycles. The van der Waals surface area contributed by atoms with Gasteiger partial charge in [0.2, 0.25) is 0 Å². The van der Waals surface area contributed by atoms with Crippen LogP contribution in [0.1, 0.15) is 30.7 Å². The van der Waals surface area contributed by atoms with E-state index in [-0.39, 0.29) is 0 Å². The van der Waals surface area contributed by atoms with Crippen LogP contribution in [0.3, 0.4) is 0 Å².